The van der Waals surface area contributed by atoms with E-state index in [1.54, 1.807) is 12.1 Å². The molecule has 0 spiro atoms. The molecule has 1 aliphatic heterocycles. The maximum Gasteiger partial charge on any atom is 0.159 e. The molecule has 0 amide bonds. The highest BCUT2D eigenvalue weighted by molar-refractivity contribution is 5.96. The Labute approximate surface area is 149 Å². The quantitative estimate of drug-likeness (QED) is 0.625. The lowest BCUT2D eigenvalue weighted by Crippen LogP contribution is -2.31. The zero-order valence-corrected chi connectivity index (χ0v) is 15.2. The minimum Gasteiger partial charge on any atom is -0.504 e. The lowest BCUT2D eigenvalue weighted by atomic mass is 10.0. The molecule has 0 saturated carbocycles. The van der Waals surface area contributed by atoms with Gasteiger partial charge in [0.2, 0.25) is 0 Å². The number of aryl methyl sites for hydroxylation is 1. The van der Waals surface area contributed by atoms with Gasteiger partial charge in [-0.25, -0.2) is 0 Å². The molecule has 1 atom stereocenters. The van der Waals surface area contributed by atoms with Crippen LogP contribution < -0.4 is 10.6 Å². The van der Waals surface area contributed by atoms with E-state index in [-0.39, 0.29) is 11.5 Å². The normalized spacial score (nSPS) is 19.7. The molecule has 0 radical (unpaired) electrons. The predicted octanol–water partition coefficient (Wildman–Crippen LogP) is 3.71. The first-order valence-corrected chi connectivity index (χ1v) is 9.57. The van der Waals surface area contributed by atoms with Gasteiger partial charge in [0, 0.05) is 35.4 Å². The molecule has 5 nitrogen and oxygen atoms in total. The fourth-order valence-corrected chi connectivity index (χ4v) is 3.80. The minimum absolute atomic E-state index is 0.0840. The van der Waals surface area contributed by atoms with Crippen LogP contribution in [0.2, 0.25) is 0 Å². The van der Waals surface area contributed by atoms with Crippen molar-refractivity contribution in [1.29, 1.82) is 0 Å². The van der Waals surface area contributed by atoms with Crippen LogP contribution in [0.25, 0.3) is 10.9 Å². The molecular weight excluding hydrogens is 314 g/mol. The first kappa shape index (κ1) is 17.8. The summed E-state index contributed by atoms with van der Waals surface area (Å²) >= 11 is 0. The Morgan fingerprint density at radius 1 is 1.08 bits per heavy atom. The van der Waals surface area contributed by atoms with E-state index in [4.69, 9.17) is 4.98 Å². The molecule has 1 saturated heterocycles. The maximum absolute atomic E-state index is 9.92. The molecule has 2 aliphatic rings. The average Bonchev–Trinajstić information content (AvgIpc) is 2.93. The Kier molecular flexibility index (Phi) is 5.63. The van der Waals surface area contributed by atoms with Gasteiger partial charge in [0.25, 0.3) is 0 Å². The summed E-state index contributed by atoms with van der Waals surface area (Å²) in [7, 11) is 0. The monoisotopic (exact) mass is 343 g/mol. The van der Waals surface area contributed by atoms with Gasteiger partial charge in [-0.3, -0.25) is 4.98 Å². The summed E-state index contributed by atoms with van der Waals surface area (Å²) in [5, 5.41) is 27.8. The van der Waals surface area contributed by atoms with Crippen LogP contribution in [-0.4, -0.2) is 34.3 Å². The maximum atomic E-state index is 9.92. The number of anilines is 1. The van der Waals surface area contributed by atoms with Gasteiger partial charge in [0.05, 0.1) is 5.52 Å². The third kappa shape index (κ3) is 3.66. The molecular formula is C20H29N3O2. The molecule has 1 aliphatic carbocycles. The average molecular weight is 343 g/mol. The standard InChI is InChI=1S/C18H23N3O2.C2H6/c22-16-8-13-15(9-17(16)23)21-14-6-3-5-12(14)18(13)20-11-4-1-2-7-19-10-11;1-2/h8-9,11,19,22-23H,1-7,10H2,(H,20,21);1-2H3. The van der Waals surface area contributed by atoms with Crippen molar-refractivity contribution in [2.24, 2.45) is 0 Å². The van der Waals surface area contributed by atoms with E-state index in [0.29, 0.717) is 6.04 Å². The van der Waals surface area contributed by atoms with Crippen molar-refractivity contribution in [1.82, 2.24) is 10.3 Å². The highest BCUT2D eigenvalue weighted by Crippen LogP contribution is 2.39. The van der Waals surface area contributed by atoms with Crippen molar-refractivity contribution >= 4 is 16.6 Å². The molecule has 0 bridgehead atoms. The first-order valence-electron chi connectivity index (χ1n) is 9.57. The summed E-state index contributed by atoms with van der Waals surface area (Å²) in [5.41, 5.74) is 4.27. The Hall–Kier alpha value is -2.01. The van der Waals surface area contributed by atoms with Crippen LogP contribution in [0.1, 0.15) is 50.8 Å². The van der Waals surface area contributed by atoms with Gasteiger partial charge in [0.15, 0.2) is 11.5 Å². The number of nitrogens with one attached hydrogen (secondary N) is 2. The molecule has 5 heteroatoms. The number of benzene rings is 1. The number of aromatic hydroxyl groups is 2. The first-order chi connectivity index (χ1) is 12.2. The number of nitrogens with zero attached hydrogens (tertiary/aromatic N) is 1. The largest absolute Gasteiger partial charge is 0.504 e. The van der Waals surface area contributed by atoms with Gasteiger partial charge >= 0.3 is 0 Å². The van der Waals surface area contributed by atoms with Crippen LogP contribution in [0.15, 0.2) is 12.1 Å². The highest BCUT2D eigenvalue weighted by atomic mass is 16.3. The fraction of sp³-hybridized carbons (Fsp3) is 0.550. The van der Waals surface area contributed by atoms with E-state index < -0.39 is 0 Å². The lowest BCUT2D eigenvalue weighted by Gasteiger charge is -2.22. The minimum atomic E-state index is -0.106. The molecule has 136 valence electrons. The van der Waals surface area contributed by atoms with Crippen molar-refractivity contribution in [2.75, 3.05) is 18.4 Å². The number of hydrogen-bond donors (Lipinski definition) is 4. The second kappa shape index (κ2) is 7.91. The summed E-state index contributed by atoms with van der Waals surface area (Å²) in [6.07, 6.45) is 6.74. The summed E-state index contributed by atoms with van der Waals surface area (Å²) in [5.74, 6) is -0.190. The number of fused-ring (bicyclic) bond motifs is 2. The van der Waals surface area contributed by atoms with Crippen molar-refractivity contribution < 1.29 is 10.2 Å². The lowest BCUT2D eigenvalue weighted by molar-refractivity contribution is 0.405. The van der Waals surface area contributed by atoms with Gasteiger partial charge in [-0.1, -0.05) is 20.3 Å². The molecule has 1 unspecified atom stereocenters. The van der Waals surface area contributed by atoms with Crippen molar-refractivity contribution in [3.63, 3.8) is 0 Å². The van der Waals surface area contributed by atoms with Crippen LogP contribution in [-0.2, 0) is 12.8 Å². The Bertz CT molecular complexity index is 738. The third-order valence-corrected chi connectivity index (χ3v) is 5.00. The number of aromatic nitrogens is 1. The zero-order valence-electron chi connectivity index (χ0n) is 15.2. The van der Waals surface area contributed by atoms with Crippen LogP contribution in [0.3, 0.4) is 0 Å². The SMILES string of the molecule is CC.Oc1cc2nc3c(c(NC4CCCCNC4)c2cc1O)CCC3. The molecule has 1 fully saturated rings. The summed E-state index contributed by atoms with van der Waals surface area (Å²) in [6.45, 7) is 6.05. The summed E-state index contributed by atoms with van der Waals surface area (Å²) in [6, 6.07) is 3.60. The number of pyridine rings is 1. The van der Waals surface area contributed by atoms with Crippen LogP contribution in [0, 0.1) is 0 Å². The molecule has 1 aromatic heterocycles. The summed E-state index contributed by atoms with van der Waals surface area (Å²) < 4.78 is 0. The van der Waals surface area contributed by atoms with Crippen molar-refractivity contribution in [3.8, 4) is 11.5 Å². The summed E-state index contributed by atoms with van der Waals surface area (Å²) in [4.78, 5) is 4.70. The van der Waals surface area contributed by atoms with E-state index in [9.17, 15) is 10.2 Å². The highest BCUT2D eigenvalue weighted by Gasteiger charge is 2.23. The number of hydrogen-bond acceptors (Lipinski definition) is 5. The van der Waals surface area contributed by atoms with Gasteiger partial charge in [0.1, 0.15) is 0 Å². The number of phenols is 2. The smallest absolute Gasteiger partial charge is 0.159 e. The van der Waals surface area contributed by atoms with Crippen LogP contribution >= 0.6 is 0 Å². The van der Waals surface area contributed by atoms with Crippen molar-refractivity contribution in [3.05, 3.63) is 23.4 Å². The van der Waals surface area contributed by atoms with Crippen LogP contribution in [0.4, 0.5) is 5.69 Å². The van der Waals surface area contributed by atoms with E-state index >= 15 is 0 Å². The second-order valence-corrected chi connectivity index (χ2v) is 6.66. The van der Waals surface area contributed by atoms with Gasteiger partial charge < -0.3 is 20.8 Å². The molecule has 4 rings (SSSR count). The Morgan fingerprint density at radius 3 is 2.72 bits per heavy atom. The Balaban J connectivity index is 0.000000880. The van der Waals surface area contributed by atoms with Gasteiger partial charge in [-0.15, -0.1) is 0 Å². The molecule has 1 aromatic carbocycles. The van der Waals surface area contributed by atoms with Gasteiger partial charge in [-0.05, 0) is 50.3 Å². The molecule has 4 N–H and O–H groups in total. The second-order valence-electron chi connectivity index (χ2n) is 6.66. The Morgan fingerprint density at radius 2 is 1.88 bits per heavy atom. The molecule has 2 aromatic rings. The van der Waals surface area contributed by atoms with E-state index in [2.05, 4.69) is 10.6 Å². The van der Waals surface area contributed by atoms with E-state index in [1.165, 1.54) is 18.4 Å². The van der Waals surface area contributed by atoms with Crippen LogP contribution in [0.5, 0.6) is 11.5 Å². The van der Waals surface area contributed by atoms with Gasteiger partial charge in [-0.2, -0.15) is 0 Å². The zero-order chi connectivity index (χ0) is 17.8. The number of phenolic OH excluding ortho intramolecular Hbond substituents is 2. The topological polar surface area (TPSA) is 77.4 Å². The van der Waals surface area contributed by atoms with Crippen molar-refractivity contribution in [2.45, 2.75) is 58.4 Å². The molecule has 2 heterocycles. The van der Waals surface area contributed by atoms with E-state index in [1.807, 2.05) is 13.8 Å². The van der Waals surface area contributed by atoms with E-state index in [0.717, 1.165) is 61.1 Å². The predicted molar refractivity (Wildman–Crippen MR) is 103 cm³/mol. The third-order valence-electron chi connectivity index (χ3n) is 5.00. The molecule has 25 heavy (non-hydrogen) atoms. The fourth-order valence-electron chi connectivity index (χ4n) is 3.80. The number of rotatable bonds is 2.